The third kappa shape index (κ3) is 2.46. The number of nitrogens with zero attached hydrogens (tertiary/aromatic N) is 2. The van der Waals surface area contributed by atoms with Crippen LogP contribution in [0.5, 0.6) is 0 Å². The van der Waals surface area contributed by atoms with Gasteiger partial charge in [-0.15, -0.1) is 0 Å². The van der Waals surface area contributed by atoms with Gasteiger partial charge >= 0.3 is 0 Å². The lowest BCUT2D eigenvalue weighted by Gasteiger charge is -2.33. The van der Waals surface area contributed by atoms with Gasteiger partial charge in [-0.1, -0.05) is 6.42 Å². The summed E-state index contributed by atoms with van der Waals surface area (Å²) in [5.41, 5.74) is 0. The van der Waals surface area contributed by atoms with Gasteiger partial charge in [-0.05, 0) is 26.7 Å². The molecule has 11 heavy (non-hydrogen) atoms. The molecule has 1 rings (SSSR count). The third-order valence-electron chi connectivity index (χ3n) is 2.40. The van der Waals surface area contributed by atoms with Crippen LogP contribution >= 0.6 is 0 Å². The van der Waals surface area contributed by atoms with E-state index in [0.717, 1.165) is 0 Å². The van der Waals surface area contributed by atoms with Crippen LogP contribution in [0.25, 0.3) is 0 Å². The summed E-state index contributed by atoms with van der Waals surface area (Å²) in [6.45, 7) is 7.01. The zero-order valence-electron chi connectivity index (χ0n) is 8.01. The number of hydrazine groups is 1. The summed E-state index contributed by atoms with van der Waals surface area (Å²) < 4.78 is 0. The van der Waals surface area contributed by atoms with Crippen molar-refractivity contribution in [3.05, 3.63) is 0 Å². The van der Waals surface area contributed by atoms with Crippen molar-refractivity contribution in [2.75, 3.05) is 20.1 Å². The van der Waals surface area contributed by atoms with Crippen LogP contribution in [-0.2, 0) is 0 Å². The van der Waals surface area contributed by atoms with Crippen molar-refractivity contribution in [3.63, 3.8) is 0 Å². The van der Waals surface area contributed by atoms with E-state index in [1.54, 1.807) is 0 Å². The smallest absolute Gasteiger partial charge is 0.0189 e. The summed E-state index contributed by atoms with van der Waals surface area (Å²) in [5, 5.41) is 4.84. The average molecular weight is 156 g/mol. The molecule has 0 saturated carbocycles. The lowest BCUT2D eigenvalue weighted by Crippen LogP contribution is -2.43. The van der Waals surface area contributed by atoms with E-state index < -0.39 is 0 Å². The molecule has 66 valence electrons. The summed E-state index contributed by atoms with van der Waals surface area (Å²) in [6.07, 6.45) is 4.12. The van der Waals surface area contributed by atoms with Crippen LogP contribution in [0.3, 0.4) is 0 Å². The number of hydrogen-bond donors (Lipinski definition) is 0. The molecule has 2 nitrogen and oxygen atoms in total. The second-order valence-corrected chi connectivity index (χ2v) is 3.70. The van der Waals surface area contributed by atoms with Crippen LogP contribution < -0.4 is 0 Å². The highest BCUT2D eigenvalue weighted by atomic mass is 15.6. The zero-order chi connectivity index (χ0) is 8.27. The van der Waals surface area contributed by atoms with Crippen LogP contribution in [0.4, 0.5) is 0 Å². The lowest BCUT2D eigenvalue weighted by atomic mass is 10.2. The van der Waals surface area contributed by atoms with Crippen molar-refractivity contribution < 1.29 is 0 Å². The molecule has 0 bridgehead atoms. The molecular weight excluding hydrogens is 136 g/mol. The molecule has 1 aliphatic heterocycles. The van der Waals surface area contributed by atoms with Gasteiger partial charge in [0.1, 0.15) is 0 Å². The highest BCUT2D eigenvalue weighted by molar-refractivity contribution is 4.64. The normalized spacial score (nSPS) is 24.0. The van der Waals surface area contributed by atoms with E-state index in [0.29, 0.717) is 6.04 Å². The van der Waals surface area contributed by atoms with E-state index in [1.165, 1.54) is 32.4 Å². The Bertz CT molecular complexity index is 112. The van der Waals surface area contributed by atoms with Crippen LogP contribution in [0.15, 0.2) is 0 Å². The Morgan fingerprint density at radius 2 is 1.64 bits per heavy atom. The summed E-state index contributed by atoms with van der Waals surface area (Å²) in [4.78, 5) is 0. The molecule has 0 atom stereocenters. The van der Waals surface area contributed by atoms with E-state index in [-0.39, 0.29) is 0 Å². The van der Waals surface area contributed by atoms with Gasteiger partial charge in [0, 0.05) is 26.2 Å². The van der Waals surface area contributed by atoms with Gasteiger partial charge in [0.15, 0.2) is 0 Å². The Morgan fingerprint density at radius 1 is 1.00 bits per heavy atom. The third-order valence-corrected chi connectivity index (χ3v) is 2.40. The largest absolute Gasteiger partial charge is 0.245 e. The minimum Gasteiger partial charge on any atom is -0.245 e. The second kappa shape index (κ2) is 4.07. The zero-order valence-corrected chi connectivity index (χ0v) is 8.01. The molecule has 0 amide bonds. The molecule has 0 unspecified atom stereocenters. The SMILES string of the molecule is CC(C)N1CCCCCN1C. The fourth-order valence-electron chi connectivity index (χ4n) is 1.74. The molecule has 2 heteroatoms. The van der Waals surface area contributed by atoms with Crippen LogP contribution in [-0.4, -0.2) is 36.2 Å². The Hall–Kier alpha value is -0.0800. The van der Waals surface area contributed by atoms with Gasteiger partial charge in [0.05, 0.1) is 0 Å². The highest BCUT2D eigenvalue weighted by Gasteiger charge is 2.16. The van der Waals surface area contributed by atoms with E-state index >= 15 is 0 Å². The van der Waals surface area contributed by atoms with Crippen molar-refractivity contribution in [2.24, 2.45) is 0 Å². The molecule has 0 spiro atoms. The molecule has 0 aliphatic carbocycles. The van der Waals surface area contributed by atoms with Crippen LogP contribution in [0, 0.1) is 0 Å². The van der Waals surface area contributed by atoms with Crippen molar-refractivity contribution in [1.82, 2.24) is 10.0 Å². The second-order valence-electron chi connectivity index (χ2n) is 3.70. The molecule has 1 aliphatic rings. The Balaban J connectivity index is 2.45. The molecule has 0 aromatic heterocycles. The minimum absolute atomic E-state index is 0.665. The molecular formula is C9H20N2. The first-order chi connectivity index (χ1) is 5.22. The van der Waals surface area contributed by atoms with Crippen molar-refractivity contribution >= 4 is 0 Å². The Morgan fingerprint density at radius 3 is 2.27 bits per heavy atom. The average Bonchev–Trinajstić information content (AvgIpc) is 2.13. The standard InChI is InChI=1S/C9H20N2/c1-9(2)11-8-6-4-5-7-10(11)3/h9H,4-8H2,1-3H3. The predicted octanol–water partition coefficient (Wildman–Crippen LogP) is 1.73. The summed E-state index contributed by atoms with van der Waals surface area (Å²) in [6, 6.07) is 0.665. The Kier molecular flexibility index (Phi) is 3.34. The van der Waals surface area contributed by atoms with Gasteiger partial charge in [-0.2, -0.15) is 0 Å². The monoisotopic (exact) mass is 156 g/mol. The molecule has 1 saturated heterocycles. The van der Waals surface area contributed by atoms with Gasteiger partial charge < -0.3 is 0 Å². The quantitative estimate of drug-likeness (QED) is 0.570. The lowest BCUT2D eigenvalue weighted by molar-refractivity contribution is -0.0190. The molecule has 0 aromatic rings. The van der Waals surface area contributed by atoms with Crippen molar-refractivity contribution in [1.29, 1.82) is 0 Å². The predicted molar refractivity (Wildman–Crippen MR) is 48.3 cm³/mol. The van der Waals surface area contributed by atoms with E-state index in [2.05, 4.69) is 30.9 Å². The first-order valence-electron chi connectivity index (χ1n) is 4.69. The fraction of sp³-hybridized carbons (Fsp3) is 1.00. The van der Waals surface area contributed by atoms with Crippen molar-refractivity contribution in [2.45, 2.75) is 39.2 Å². The van der Waals surface area contributed by atoms with Gasteiger partial charge in [0.2, 0.25) is 0 Å². The van der Waals surface area contributed by atoms with E-state index in [1.807, 2.05) is 0 Å². The van der Waals surface area contributed by atoms with E-state index in [4.69, 9.17) is 0 Å². The van der Waals surface area contributed by atoms with Crippen LogP contribution in [0.2, 0.25) is 0 Å². The minimum atomic E-state index is 0.665. The first-order valence-corrected chi connectivity index (χ1v) is 4.69. The van der Waals surface area contributed by atoms with Gasteiger partial charge in [-0.25, -0.2) is 10.0 Å². The van der Waals surface area contributed by atoms with Gasteiger partial charge in [-0.3, -0.25) is 0 Å². The molecule has 0 N–H and O–H groups in total. The maximum absolute atomic E-state index is 2.47. The molecule has 1 fully saturated rings. The summed E-state index contributed by atoms with van der Waals surface area (Å²) in [5.74, 6) is 0. The van der Waals surface area contributed by atoms with E-state index in [9.17, 15) is 0 Å². The number of hydrogen-bond acceptors (Lipinski definition) is 2. The molecule has 0 aromatic carbocycles. The van der Waals surface area contributed by atoms with Gasteiger partial charge in [0.25, 0.3) is 0 Å². The Labute approximate surface area is 70.1 Å². The topological polar surface area (TPSA) is 6.48 Å². The molecule has 1 heterocycles. The maximum atomic E-state index is 2.47. The van der Waals surface area contributed by atoms with Crippen molar-refractivity contribution in [3.8, 4) is 0 Å². The summed E-state index contributed by atoms with van der Waals surface area (Å²) in [7, 11) is 2.20. The summed E-state index contributed by atoms with van der Waals surface area (Å²) >= 11 is 0. The maximum Gasteiger partial charge on any atom is 0.0189 e. The molecule has 0 radical (unpaired) electrons. The number of rotatable bonds is 1. The van der Waals surface area contributed by atoms with Crippen LogP contribution in [0.1, 0.15) is 33.1 Å². The first kappa shape index (κ1) is 9.01. The highest BCUT2D eigenvalue weighted by Crippen LogP contribution is 2.11. The fourth-order valence-corrected chi connectivity index (χ4v) is 1.74.